The van der Waals surface area contributed by atoms with Gasteiger partial charge in [-0.3, -0.25) is 0 Å². The van der Waals surface area contributed by atoms with Crippen molar-refractivity contribution >= 4 is 6.08 Å². The molecule has 108 valence electrons. The molecular weight excluding hydrogens is 264 g/mol. The Morgan fingerprint density at radius 1 is 0.864 bits per heavy atom. The fourth-order valence-corrected chi connectivity index (χ4v) is 4.51. The molecule has 3 aliphatic carbocycles. The highest BCUT2D eigenvalue weighted by Gasteiger charge is 2.32. The van der Waals surface area contributed by atoms with Gasteiger partial charge in [0.05, 0.1) is 0 Å². The monoisotopic (exact) mass is 284 g/mol. The van der Waals surface area contributed by atoms with Crippen molar-refractivity contribution in [3.05, 3.63) is 76.4 Å². The van der Waals surface area contributed by atoms with E-state index in [4.69, 9.17) is 0 Å². The molecule has 0 saturated heterocycles. The van der Waals surface area contributed by atoms with E-state index in [1.807, 2.05) is 0 Å². The Kier molecular flexibility index (Phi) is 2.67. The number of fused-ring (bicyclic) bond motifs is 3. The van der Waals surface area contributed by atoms with Crippen LogP contribution in [0.25, 0.3) is 17.2 Å². The van der Waals surface area contributed by atoms with Crippen LogP contribution in [0.5, 0.6) is 0 Å². The zero-order valence-corrected chi connectivity index (χ0v) is 12.8. The summed E-state index contributed by atoms with van der Waals surface area (Å²) < 4.78 is 0. The quantitative estimate of drug-likeness (QED) is 0.654. The number of allylic oxidation sites excluding steroid dienone is 3. The topological polar surface area (TPSA) is 0 Å². The molecule has 2 aromatic carbocycles. The minimum atomic E-state index is 0.967. The molecule has 3 aliphatic rings. The van der Waals surface area contributed by atoms with Gasteiger partial charge >= 0.3 is 0 Å². The van der Waals surface area contributed by atoms with Crippen LogP contribution in [0.3, 0.4) is 0 Å². The standard InChI is InChI=1S/C22H20/c1-2-4-16(5-3-1)17-8-9-18-13-21(14-20(18)12-17)22-11-15-6-7-19(22)10-15/h1-5,8-9,12,14-15H,6-7,10-11,13H2. The maximum Gasteiger partial charge on any atom is -0.00169 e. The average molecular weight is 284 g/mol. The van der Waals surface area contributed by atoms with Gasteiger partial charge in [0.15, 0.2) is 0 Å². The number of hydrogen-bond acceptors (Lipinski definition) is 0. The third-order valence-corrected chi connectivity index (χ3v) is 5.66. The lowest BCUT2D eigenvalue weighted by atomic mass is 9.92. The first-order valence-corrected chi connectivity index (χ1v) is 8.47. The van der Waals surface area contributed by atoms with Crippen LogP contribution >= 0.6 is 0 Å². The van der Waals surface area contributed by atoms with Crippen LogP contribution in [-0.4, -0.2) is 0 Å². The minimum Gasteiger partial charge on any atom is -0.0664 e. The van der Waals surface area contributed by atoms with E-state index in [0.29, 0.717) is 0 Å². The van der Waals surface area contributed by atoms with Gasteiger partial charge in [-0.1, -0.05) is 54.1 Å². The van der Waals surface area contributed by atoms with E-state index in [0.717, 1.165) is 12.3 Å². The predicted molar refractivity (Wildman–Crippen MR) is 92.5 cm³/mol. The van der Waals surface area contributed by atoms with Crippen LogP contribution in [0.4, 0.5) is 0 Å². The molecule has 1 saturated carbocycles. The van der Waals surface area contributed by atoms with Gasteiger partial charge in [-0.25, -0.2) is 0 Å². The Balaban J connectivity index is 1.52. The molecule has 5 rings (SSSR count). The fourth-order valence-electron chi connectivity index (χ4n) is 4.51. The van der Waals surface area contributed by atoms with E-state index >= 15 is 0 Å². The van der Waals surface area contributed by atoms with Crippen molar-refractivity contribution < 1.29 is 0 Å². The molecule has 1 unspecified atom stereocenters. The number of benzene rings is 2. The average Bonchev–Trinajstić information content (AvgIpc) is 3.29. The minimum absolute atomic E-state index is 0.967. The van der Waals surface area contributed by atoms with E-state index in [-0.39, 0.29) is 0 Å². The summed E-state index contributed by atoms with van der Waals surface area (Å²) in [7, 11) is 0. The molecule has 22 heavy (non-hydrogen) atoms. The Morgan fingerprint density at radius 3 is 2.55 bits per heavy atom. The van der Waals surface area contributed by atoms with Crippen LogP contribution in [-0.2, 0) is 6.42 Å². The lowest BCUT2D eigenvalue weighted by Gasteiger charge is -2.12. The summed E-state index contributed by atoms with van der Waals surface area (Å²) in [6.45, 7) is 0. The highest BCUT2D eigenvalue weighted by molar-refractivity contribution is 5.75. The van der Waals surface area contributed by atoms with E-state index < -0.39 is 0 Å². The van der Waals surface area contributed by atoms with Gasteiger partial charge in [-0.05, 0) is 77.5 Å². The second-order valence-electron chi connectivity index (χ2n) is 7.02. The van der Waals surface area contributed by atoms with Gasteiger partial charge in [-0.2, -0.15) is 0 Å². The first kappa shape index (κ1) is 12.5. The molecular formula is C22H20. The Bertz CT molecular complexity index is 805. The summed E-state index contributed by atoms with van der Waals surface area (Å²) in [6, 6.07) is 17.7. The molecule has 0 aromatic heterocycles. The highest BCUT2D eigenvalue weighted by Crippen LogP contribution is 2.48. The third kappa shape index (κ3) is 1.90. The van der Waals surface area contributed by atoms with Crippen LogP contribution < -0.4 is 0 Å². The Hall–Kier alpha value is -2.08. The summed E-state index contributed by atoms with van der Waals surface area (Å²) in [6.07, 6.45) is 9.15. The lowest BCUT2D eigenvalue weighted by Crippen LogP contribution is -1.97. The third-order valence-electron chi connectivity index (χ3n) is 5.66. The first-order chi connectivity index (χ1) is 10.9. The van der Waals surface area contributed by atoms with Gasteiger partial charge in [0.1, 0.15) is 0 Å². The molecule has 0 radical (unpaired) electrons. The van der Waals surface area contributed by atoms with Crippen LogP contribution in [0.1, 0.15) is 36.8 Å². The molecule has 2 bridgehead atoms. The normalized spacial score (nSPS) is 22.2. The summed E-state index contributed by atoms with van der Waals surface area (Å²) in [5.74, 6) is 0.967. The molecule has 0 spiro atoms. The van der Waals surface area contributed by atoms with Crippen molar-refractivity contribution in [2.24, 2.45) is 5.92 Å². The first-order valence-electron chi connectivity index (χ1n) is 8.47. The predicted octanol–water partition coefficient (Wildman–Crippen LogP) is 5.79. The van der Waals surface area contributed by atoms with Gasteiger partial charge in [0.2, 0.25) is 0 Å². The zero-order valence-electron chi connectivity index (χ0n) is 12.8. The second-order valence-corrected chi connectivity index (χ2v) is 7.02. The van der Waals surface area contributed by atoms with E-state index in [1.54, 1.807) is 16.7 Å². The van der Waals surface area contributed by atoms with Crippen molar-refractivity contribution in [2.45, 2.75) is 32.1 Å². The molecule has 0 N–H and O–H groups in total. The highest BCUT2D eigenvalue weighted by atomic mass is 14.4. The van der Waals surface area contributed by atoms with Crippen molar-refractivity contribution in [1.82, 2.24) is 0 Å². The lowest BCUT2D eigenvalue weighted by molar-refractivity contribution is 0.565. The number of rotatable bonds is 2. The van der Waals surface area contributed by atoms with Crippen molar-refractivity contribution in [1.29, 1.82) is 0 Å². The van der Waals surface area contributed by atoms with Crippen LogP contribution in [0, 0.1) is 5.92 Å². The number of hydrogen-bond donors (Lipinski definition) is 0. The molecule has 1 atom stereocenters. The van der Waals surface area contributed by atoms with Gasteiger partial charge in [0, 0.05) is 0 Å². The van der Waals surface area contributed by atoms with Crippen molar-refractivity contribution in [3.63, 3.8) is 0 Å². The van der Waals surface area contributed by atoms with E-state index in [9.17, 15) is 0 Å². The van der Waals surface area contributed by atoms with Crippen molar-refractivity contribution in [3.8, 4) is 11.1 Å². The molecule has 0 aliphatic heterocycles. The molecule has 2 aromatic rings. The van der Waals surface area contributed by atoms with Crippen molar-refractivity contribution in [2.75, 3.05) is 0 Å². The van der Waals surface area contributed by atoms with Gasteiger partial charge in [-0.15, -0.1) is 0 Å². The summed E-state index contributed by atoms with van der Waals surface area (Å²) >= 11 is 0. The Labute approximate surface area is 132 Å². The van der Waals surface area contributed by atoms with Gasteiger partial charge in [0.25, 0.3) is 0 Å². The van der Waals surface area contributed by atoms with E-state index in [2.05, 4.69) is 54.6 Å². The molecule has 1 fully saturated rings. The smallest absolute Gasteiger partial charge is 0.00169 e. The maximum atomic E-state index is 2.46. The summed E-state index contributed by atoms with van der Waals surface area (Å²) in [5.41, 5.74) is 10.7. The van der Waals surface area contributed by atoms with E-state index in [1.165, 1.54) is 47.9 Å². The second kappa shape index (κ2) is 4.71. The largest absolute Gasteiger partial charge is 0.0664 e. The summed E-state index contributed by atoms with van der Waals surface area (Å²) in [4.78, 5) is 0. The molecule has 0 nitrogen and oxygen atoms in total. The molecule has 0 heteroatoms. The zero-order chi connectivity index (χ0) is 14.5. The molecule has 0 amide bonds. The van der Waals surface area contributed by atoms with Crippen LogP contribution in [0.2, 0.25) is 0 Å². The maximum absolute atomic E-state index is 2.46. The van der Waals surface area contributed by atoms with Crippen LogP contribution in [0.15, 0.2) is 65.3 Å². The van der Waals surface area contributed by atoms with Gasteiger partial charge < -0.3 is 0 Å². The SMILES string of the molecule is C1=C(C2=C3CCC(C3)C2)Cc2ccc(-c3ccccc3)cc21. The Morgan fingerprint density at radius 2 is 1.77 bits per heavy atom. The molecule has 0 heterocycles. The fraction of sp³-hybridized carbons (Fsp3) is 0.273. The summed E-state index contributed by atoms with van der Waals surface area (Å²) in [5, 5.41) is 0.